The molecule has 100 valence electrons. The first kappa shape index (κ1) is 15.7. The van der Waals surface area contributed by atoms with Crippen molar-refractivity contribution in [3.05, 3.63) is 0 Å². The summed E-state index contributed by atoms with van der Waals surface area (Å²) in [5.41, 5.74) is 3.73. The first-order valence-electron chi connectivity index (χ1n) is 5.86. The fourth-order valence-electron chi connectivity index (χ4n) is 1.65. The third kappa shape index (κ3) is 4.24. The second-order valence-electron chi connectivity index (χ2n) is 5.47. The lowest BCUT2D eigenvalue weighted by atomic mass is 9.83. The number of nitrogens with two attached hydrogens (primary N) is 1. The molecule has 2 amide bonds. The van der Waals surface area contributed by atoms with Gasteiger partial charge in [0.05, 0.1) is 0 Å². The molecule has 3 N–H and O–H groups in total. The van der Waals surface area contributed by atoms with Crippen LogP contribution in [0.15, 0.2) is 0 Å². The van der Waals surface area contributed by atoms with Gasteiger partial charge in [-0.3, -0.25) is 4.79 Å². The highest BCUT2D eigenvalue weighted by Gasteiger charge is 2.40. The molecule has 1 atom stereocenters. The molecule has 0 spiro atoms. The molecule has 0 heterocycles. The molecule has 0 unspecified atom stereocenters. The van der Waals surface area contributed by atoms with Crippen molar-refractivity contribution < 1.29 is 14.3 Å². The van der Waals surface area contributed by atoms with E-state index in [1.807, 2.05) is 20.8 Å². The average molecular weight is 244 g/mol. The van der Waals surface area contributed by atoms with Crippen molar-refractivity contribution in [1.29, 1.82) is 0 Å². The molecule has 0 radical (unpaired) electrons. The molecule has 0 saturated heterocycles. The Kier molecular flexibility index (Phi) is 4.98. The van der Waals surface area contributed by atoms with Crippen molar-refractivity contribution in [2.24, 2.45) is 11.7 Å². The SMILES string of the molecule is CC[C@](NC(=O)OC(C)(C)C)(C(N)=O)C(C)C. The third-order valence-electron chi connectivity index (χ3n) is 2.71. The van der Waals surface area contributed by atoms with Gasteiger partial charge in [0.25, 0.3) is 0 Å². The van der Waals surface area contributed by atoms with E-state index in [4.69, 9.17) is 10.5 Å². The Hall–Kier alpha value is -1.26. The van der Waals surface area contributed by atoms with Gasteiger partial charge < -0.3 is 15.8 Å². The lowest BCUT2D eigenvalue weighted by Crippen LogP contribution is -2.61. The molecule has 0 fully saturated rings. The molecule has 0 rings (SSSR count). The zero-order valence-electron chi connectivity index (χ0n) is 11.6. The first-order chi connectivity index (χ1) is 7.55. The highest BCUT2D eigenvalue weighted by Crippen LogP contribution is 2.21. The minimum atomic E-state index is -1.05. The number of ether oxygens (including phenoxy) is 1. The molecule has 0 aliphatic heterocycles. The summed E-state index contributed by atoms with van der Waals surface area (Å²) in [6, 6.07) is 0. The van der Waals surface area contributed by atoms with E-state index in [1.165, 1.54) is 0 Å². The standard InChI is InChI=1S/C12H24N2O3/c1-7-12(8(2)3,9(13)15)14-10(16)17-11(4,5)6/h8H,7H2,1-6H3,(H2,13,15)(H,14,16)/t12-/m1/s1. The number of rotatable bonds is 4. The Labute approximate surface area is 103 Å². The summed E-state index contributed by atoms with van der Waals surface area (Å²) in [5.74, 6) is -0.640. The van der Waals surface area contributed by atoms with Crippen LogP contribution in [0, 0.1) is 5.92 Å². The maximum Gasteiger partial charge on any atom is 0.408 e. The summed E-state index contributed by atoms with van der Waals surface area (Å²) in [4.78, 5) is 23.2. The number of carbonyl (C=O) groups is 2. The van der Waals surface area contributed by atoms with Crippen LogP contribution in [0.5, 0.6) is 0 Å². The molecule has 5 nitrogen and oxygen atoms in total. The number of primary amides is 1. The third-order valence-corrected chi connectivity index (χ3v) is 2.71. The monoisotopic (exact) mass is 244 g/mol. The van der Waals surface area contributed by atoms with E-state index in [2.05, 4.69) is 5.32 Å². The number of nitrogens with one attached hydrogen (secondary N) is 1. The van der Waals surface area contributed by atoms with E-state index in [9.17, 15) is 9.59 Å². The highest BCUT2D eigenvalue weighted by molar-refractivity contribution is 5.89. The van der Waals surface area contributed by atoms with Gasteiger partial charge in [-0.25, -0.2) is 4.79 Å². The lowest BCUT2D eigenvalue weighted by Gasteiger charge is -2.35. The van der Waals surface area contributed by atoms with Gasteiger partial charge in [0.2, 0.25) is 5.91 Å². The van der Waals surface area contributed by atoms with Gasteiger partial charge in [-0.2, -0.15) is 0 Å². The van der Waals surface area contributed by atoms with Crippen LogP contribution in [0.2, 0.25) is 0 Å². The molecule has 0 aromatic rings. The Balaban J connectivity index is 4.89. The van der Waals surface area contributed by atoms with Gasteiger partial charge in [0, 0.05) is 0 Å². The van der Waals surface area contributed by atoms with Crippen LogP contribution in [-0.4, -0.2) is 23.1 Å². The molecule has 0 aliphatic rings. The average Bonchev–Trinajstić information content (AvgIpc) is 2.09. The Morgan fingerprint density at radius 3 is 2.00 bits per heavy atom. The van der Waals surface area contributed by atoms with E-state index in [-0.39, 0.29) is 5.92 Å². The number of amides is 2. The Bertz CT molecular complexity index is 295. The summed E-state index contributed by atoms with van der Waals surface area (Å²) in [7, 11) is 0. The van der Waals surface area contributed by atoms with Gasteiger partial charge in [-0.05, 0) is 33.1 Å². The summed E-state index contributed by atoms with van der Waals surface area (Å²) in [5, 5.41) is 2.60. The van der Waals surface area contributed by atoms with Crippen LogP contribution < -0.4 is 11.1 Å². The second-order valence-corrected chi connectivity index (χ2v) is 5.47. The van der Waals surface area contributed by atoms with Crippen LogP contribution in [0.4, 0.5) is 4.79 Å². The maximum absolute atomic E-state index is 11.7. The molecular weight excluding hydrogens is 220 g/mol. The van der Waals surface area contributed by atoms with Crippen LogP contribution in [0.3, 0.4) is 0 Å². The van der Waals surface area contributed by atoms with Crippen LogP contribution in [0.25, 0.3) is 0 Å². The summed E-state index contributed by atoms with van der Waals surface area (Å²) >= 11 is 0. The molecule has 0 bridgehead atoms. The first-order valence-corrected chi connectivity index (χ1v) is 5.86. The van der Waals surface area contributed by atoms with Crippen molar-refractivity contribution in [2.75, 3.05) is 0 Å². The number of hydrogen-bond acceptors (Lipinski definition) is 3. The minimum absolute atomic E-state index is 0.0995. The van der Waals surface area contributed by atoms with Gasteiger partial charge in [-0.15, -0.1) is 0 Å². The largest absolute Gasteiger partial charge is 0.444 e. The van der Waals surface area contributed by atoms with Crippen molar-refractivity contribution in [3.8, 4) is 0 Å². The van der Waals surface area contributed by atoms with E-state index < -0.39 is 23.1 Å². The minimum Gasteiger partial charge on any atom is -0.444 e. The van der Waals surface area contributed by atoms with Crippen LogP contribution in [-0.2, 0) is 9.53 Å². The zero-order valence-corrected chi connectivity index (χ0v) is 11.6. The quantitative estimate of drug-likeness (QED) is 0.791. The molecule has 0 aliphatic carbocycles. The van der Waals surface area contributed by atoms with Gasteiger partial charge in [-0.1, -0.05) is 20.8 Å². The lowest BCUT2D eigenvalue weighted by molar-refractivity contribution is -0.126. The summed E-state index contributed by atoms with van der Waals surface area (Å²) < 4.78 is 5.14. The van der Waals surface area contributed by atoms with E-state index in [1.54, 1.807) is 20.8 Å². The maximum atomic E-state index is 11.7. The topological polar surface area (TPSA) is 81.4 Å². The van der Waals surface area contributed by atoms with Crippen molar-refractivity contribution in [1.82, 2.24) is 5.32 Å². The predicted octanol–water partition coefficient (Wildman–Crippen LogP) is 1.80. The number of hydrogen-bond donors (Lipinski definition) is 2. The summed E-state index contributed by atoms with van der Waals surface area (Å²) in [6.45, 7) is 10.8. The fraction of sp³-hybridized carbons (Fsp3) is 0.833. The fourth-order valence-corrected chi connectivity index (χ4v) is 1.65. The van der Waals surface area contributed by atoms with Crippen molar-refractivity contribution >= 4 is 12.0 Å². The van der Waals surface area contributed by atoms with Crippen molar-refractivity contribution in [3.63, 3.8) is 0 Å². The van der Waals surface area contributed by atoms with Crippen LogP contribution >= 0.6 is 0 Å². The van der Waals surface area contributed by atoms with Gasteiger partial charge in [0.15, 0.2) is 0 Å². The van der Waals surface area contributed by atoms with E-state index in [0.29, 0.717) is 6.42 Å². The van der Waals surface area contributed by atoms with E-state index in [0.717, 1.165) is 0 Å². The Morgan fingerprint density at radius 2 is 1.76 bits per heavy atom. The molecule has 0 aromatic heterocycles. The Morgan fingerprint density at radius 1 is 1.29 bits per heavy atom. The number of alkyl carbamates (subject to hydrolysis) is 1. The molecule has 0 aromatic carbocycles. The molecule has 5 heteroatoms. The molecule has 17 heavy (non-hydrogen) atoms. The second kappa shape index (κ2) is 5.38. The molecule has 0 saturated carbocycles. The van der Waals surface area contributed by atoms with Crippen molar-refractivity contribution in [2.45, 2.75) is 59.1 Å². The number of carbonyl (C=O) groups excluding carboxylic acids is 2. The normalized spacial score (nSPS) is 15.2. The zero-order chi connectivity index (χ0) is 13.9. The van der Waals surface area contributed by atoms with Gasteiger partial charge in [0.1, 0.15) is 11.1 Å². The predicted molar refractivity (Wildman–Crippen MR) is 66.4 cm³/mol. The highest BCUT2D eigenvalue weighted by atomic mass is 16.6. The van der Waals surface area contributed by atoms with Crippen LogP contribution in [0.1, 0.15) is 48.0 Å². The molecular formula is C12H24N2O3. The van der Waals surface area contributed by atoms with Gasteiger partial charge >= 0.3 is 6.09 Å². The van der Waals surface area contributed by atoms with E-state index >= 15 is 0 Å². The smallest absolute Gasteiger partial charge is 0.408 e. The summed E-state index contributed by atoms with van der Waals surface area (Å²) in [6.07, 6.45) is -0.189.